The SMILES string of the molecule is CCC(O)c1ccc(OC(C)C(=O)N2CCCC2)cc1. The van der Waals surface area contributed by atoms with Crippen LogP contribution in [0.15, 0.2) is 24.3 Å². The van der Waals surface area contributed by atoms with Gasteiger partial charge in [-0.1, -0.05) is 19.1 Å². The highest BCUT2D eigenvalue weighted by Gasteiger charge is 2.24. The lowest BCUT2D eigenvalue weighted by atomic mass is 10.1. The Morgan fingerprint density at radius 3 is 2.45 bits per heavy atom. The van der Waals surface area contributed by atoms with E-state index in [1.54, 1.807) is 6.92 Å². The number of hydrogen-bond donors (Lipinski definition) is 1. The predicted octanol–water partition coefficient (Wildman–Crippen LogP) is 2.52. The molecule has 20 heavy (non-hydrogen) atoms. The molecule has 0 bridgehead atoms. The Hall–Kier alpha value is -1.55. The Kier molecular flexibility index (Phi) is 5.01. The monoisotopic (exact) mass is 277 g/mol. The smallest absolute Gasteiger partial charge is 0.263 e. The summed E-state index contributed by atoms with van der Waals surface area (Å²) in [7, 11) is 0. The molecule has 2 unspecified atom stereocenters. The summed E-state index contributed by atoms with van der Waals surface area (Å²) >= 11 is 0. The molecule has 1 heterocycles. The number of rotatable bonds is 5. The van der Waals surface area contributed by atoms with Gasteiger partial charge in [0, 0.05) is 13.1 Å². The molecule has 1 fully saturated rings. The average Bonchev–Trinajstić information content (AvgIpc) is 3.00. The van der Waals surface area contributed by atoms with Crippen LogP contribution in [-0.2, 0) is 4.79 Å². The van der Waals surface area contributed by atoms with E-state index in [1.165, 1.54) is 0 Å². The molecule has 1 saturated heterocycles. The van der Waals surface area contributed by atoms with E-state index < -0.39 is 12.2 Å². The van der Waals surface area contributed by atoms with Crippen LogP contribution in [0.5, 0.6) is 5.75 Å². The van der Waals surface area contributed by atoms with Crippen LogP contribution >= 0.6 is 0 Å². The summed E-state index contributed by atoms with van der Waals surface area (Å²) in [6.45, 7) is 5.41. The van der Waals surface area contributed by atoms with Crippen molar-refractivity contribution in [3.05, 3.63) is 29.8 Å². The molecule has 0 spiro atoms. The molecule has 1 aromatic rings. The number of benzene rings is 1. The first-order chi connectivity index (χ1) is 9.61. The van der Waals surface area contributed by atoms with Crippen LogP contribution in [0.4, 0.5) is 0 Å². The van der Waals surface area contributed by atoms with Crippen LogP contribution < -0.4 is 4.74 Å². The Labute approximate surface area is 120 Å². The van der Waals surface area contributed by atoms with Gasteiger partial charge in [0.25, 0.3) is 5.91 Å². The minimum Gasteiger partial charge on any atom is -0.481 e. The third-order valence-corrected chi connectivity index (χ3v) is 3.73. The topological polar surface area (TPSA) is 49.8 Å². The number of likely N-dealkylation sites (tertiary alicyclic amines) is 1. The Morgan fingerprint density at radius 2 is 1.90 bits per heavy atom. The van der Waals surface area contributed by atoms with E-state index in [-0.39, 0.29) is 5.91 Å². The van der Waals surface area contributed by atoms with Gasteiger partial charge in [0.2, 0.25) is 0 Å². The van der Waals surface area contributed by atoms with Crippen LogP contribution in [0.2, 0.25) is 0 Å². The number of hydrogen-bond acceptors (Lipinski definition) is 3. The summed E-state index contributed by atoms with van der Waals surface area (Å²) < 4.78 is 5.68. The molecule has 2 rings (SSSR count). The lowest BCUT2D eigenvalue weighted by Crippen LogP contribution is -2.38. The van der Waals surface area contributed by atoms with E-state index in [2.05, 4.69) is 0 Å². The van der Waals surface area contributed by atoms with Crippen LogP contribution in [0.25, 0.3) is 0 Å². The highest BCUT2D eigenvalue weighted by Crippen LogP contribution is 2.21. The minimum absolute atomic E-state index is 0.0557. The normalized spacial score (nSPS) is 17.9. The molecule has 1 aliphatic heterocycles. The maximum atomic E-state index is 12.1. The van der Waals surface area contributed by atoms with E-state index in [0.29, 0.717) is 12.2 Å². The molecule has 2 atom stereocenters. The number of aliphatic hydroxyl groups is 1. The number of carbonyl (C=O) groups is 1. The Bertz CT molecular complexity index is 438. The molecule has 1 amide bonds. The van der Waals surface area contributed by atoms with Gasteiger partial charge >= 0.3 is 0 Å². The van der Waals surface area contributed by atoms with Crippen molar-refractivity contribution in [1.82, 2.24) is 4.90 Å². The summed E-state index contributed by atoms with van der Waals surface area (Å²) in [5, 5.41) is 9.73. The van der Waals surface area contributed by atoms with Crippen molar-refractivity contribution < 1.29 is 14.6 Å². The zero-order valence-electron chi connectivity index (χ0n) is 12.2. The molecule has 1 aromatic carbocycles. The second-order valence-corrected chi connectivity index (χ2v) is 5.29. The van der Waals surface area contributed by atoms with E-state index in [0.717, 1.165) is 31.5 Å². The quantitative estimate of drug-likeness (QED) is 0.899. The Balaban J connectivity index is 1.93. The van der Waals surface area contributed by atoms with Crippen molar-refractivity contribution in [2.45, 2.75) is 45.3 Å². The van der Waals surface area contributed by atoms with Crippen molar-refractivity contribution in [1.29, 1.82) is 0 Å². The van der Waals surface area contributed by atoms with E-state index in [1.807, 2.05) is 36.1 Å². The third-order valence-electron chi connectivity index (χ3n) is 3.73. The molecule has 0 radical (unpaired) electrons. The van der Waals surface area contributed by atoms with Crippen molar-refractivity contribution in [2.75, 3.05) is 13.1 Å². The fraction of sp³-hybridized carbons (Fsp3) is 0.562. The van der Waals surface area contributed by atoms with Crippen LogP contribution in [-0.4, -0.2) is 35.1 Å². The van der Waals surface area contributed by atoms with E-state index in [9.17, 15) is 9.90 Å². The minimum atomic E-state index is -0.463. The molecule has 110 valence electrons. The first kappa shape index (κ1) is 14.9. The van der Waals surface area contributed by atoms with Gasteiger partial charge in [-0.05, 0) is 43.9 Å². The van der Waals surface area contributed by atoms with Gasteiger partial charge in [0.15, 0.2) is 6.10 Å². The molecule has 1 N–H and O–H groups in total. The molecule has 0 aromatic heterocycles. The predicted molar refractivity (Wildman–Crippen MR) is 77.6 cm³/mol. The first-order valence-electron chi connectivity index (χ1n) is 7.35. The summed E-state index contributed by atoms with van der Waals surface area (Å²) in [5.41, 5.74) is 0.873. The molecule has 1 aliphatic rings. The van der Waals surface area contributed by atoms with Gasteiger partial charge in [-0.2, -0.15) is 0 Å². The highest BCUT2D eigenvalue weighted by atomic mass is 16.5. The third kappa shape index (κ3) is 3.51. The second-order valence-electron chi connectivity index (χ2n) is 5.29. The second kappa shape index (κ2) is 6.75. The summed E-state index contributed by atoms with van der Waals surface area (Å²) in [6.07, 6.45) is 1.96. The average molecular weight is 277 g/mol. The molecule has 0 saturated carbocycles. The highest BCUT2D eigenvalue weighted by molar-refractivity contribution is 5.81. The number of amides is 1. The van der Waals surface area contributed by atoms with Crippen molar-refractivity contribution >= 4 is 5.91 Å². The van der Waals surface area contributed by atoms with Crippen LogP contribution in [0, 0.1) is 0 Å². The number of ether oxygens (including phenoxy) is 1. The zero-order chi connectivity index (χ0) is 14.5. The molecular weight excluding hydrogens is 254 g/mol. The lowest BCUT2D eigenvalue weighted by molar-refractivity contribution is -0.136. The van der Waals surface area contributed by atoms with Crippen LogP contribution in [0.3, 0.4) is 0 Å². The van der Waals surface area contributed by atoms with Crippen LogP contribution in [0.1, 0.15) is 44.8 Å². The van der Waals surface area contributed by atoms with E-state index in [4.69, 9.17) is 4.74 Å². The standard InChI is InChI=1S/C16H23NO3/c1-3-15(18)13-6-8-14(9-7-13)20-12(2)16(19)17-10-4-5-11-17/h6-9,12,15,18H,3-5,10-11H2,1-2H3. The zero-order valence-corrected chi connectivity index (χ0v) is 12.2. The summed E-state index contributed by atoms with van der Waals surface area (Å²) in [6, 6.07) is 7.30. The number of aliphatic hydroxyl groups excluding tert-OH is 1. The fourth-order valence-corrected chi connectivity index (χ4v) is 2.45. The fourth-order valence-electron chi connectivity index (χ4n) is 2.45. The first-order valence-corrected chi connectivity index (χ1v) is 7.35. The largest absolute Gasteiger partial charge is 0.481 e. The maximum absolute atomic E-state index is 12.1. The van der Waals surface area contributed by atoms with Gasteiger partial charge in [-0.25, -0.2) is 0 Å². The van der Waals surface area contributed by atoms with Crippen molar-refractivity contribution in [2.24, 2.45) is 0 Å². The molecular formula is C16H23NO3. The lowest BCUT2D eigenvalue weighted by Gasteiger charge is -2.21. The van der Waals surface area contributed by atoms with Gasteiger partial charge in [0.05, 0.1) is 6.10 Å². The van der Waals surface area contributed by atoms with Gasteiger partial charge < -0.3 is 14.7 Å². The number of nitrogens with zero attached hydrogens (tertiary/aromatic N) is 1. The maximum Gasteiger partial charge on any atom is 0.263 e. The molecule has 4 heteroatoms. The molecule has 0 aliphatic carbocycles. The molecule has 4 nitrogen and oxygen atoms in total. The van der Waals surface area contributed by atoms with Crippen molar-refractivity contribution in [3.8, 4) is 5.75 Å². The van der Waals surface area contributed by atoms with Gasteiger partial charge in [0.1, 0.15) is 5.75 Å². The summed E-state index contributed by atoms with van der Waals surface area (Å²) in [5.74, 6) is 0.720. The van der Waals surface area contributed by atoms with Gasteiger partial charge in [-0.3, -0.25) is 4.79 Å². The van der Waals surface area contributed by atoms with E-state index >= 15 is 0 Å². The van der Waals surface area contributed by atoms with Gasteiger partial charge in [-0.15, -0.1) is 0 Å². The summed E-state index contributed by atoms with van der Waals surface area (Å²) in [4.78, 5) is 14.0. The Morgan fingerprint density at radius 1 is 1.30 bits per heavy atom. The number of carbonyl (C=O) groups excluding carboxylic acids is 1. The van der Waals surface area contributed by atoms with Crippen molar-refractivity contribution in [3.63, 3.8) is 0 Å².